The molecule has 0 N–H and O–H groups in total. The van der Waals surface area contributed by atoms with Crippen LogP contribution in [0.1, 0.15) is 46.0 Å². The largest absolute Gasteiger partial charge is 0.367 e. The Morgan fingerprint density at radius 1 is 1.25 bits per heavy atom. The Hall–Kier alpha value is -0.0831. The van der Waals surface area contributed by atoms with E-state index in [4.69, 9.17) is 4.74 Å². The van der Waals surface area contributed by atoms with Crippen molar-refractivity contribution in [3.05, 3.63) is 11.3 Å². The van der Waals surface area contributed by atoms with Crippen molar-refractivity contribution in [2.24, 2.45) is 0 Å². The van der Waals surface area contributed by atoms with E-state index in [0.29, 0.717) is 0 Å². The lowest BCUT2D eigenvalue weighted by Crippen LogP contribution is -2.39. The third kappa shape index (κ3) is 3.46. The van der Waals surface area contributed by atoms with E-state index in [1.54, 1.807) is 5.20 Å². The van der Waals surface area contributed by atoms with Gasteiger partial charge < -0.3 is 4.74 Å². The van der Waals surface area contributed by atoms with Crippen molar-refractivity contribution >= 4 is 8.07 Å². The van der Waals surface area contributed by atoms with E-state index in [9.17, 15) is 0 Å². The lowest BCUT2D eigenvalue weighted by molar-refractivity contribution is 0.0289. The standard InChI is InChI=1S/C14H28OSi/c1-6-7-8-9-11-14(2)13(10-12-15-14)16(3,4)5/h10H,6-9,11-12H2,1-5H3. The van der Waals surface area contributed by atoms with Gasteiger partial charge in [-0.15, -0.1) is 0 Å². The maximum absolute atomic E-state index is 6.00. The summed E-state index contributed by atoms with van der Waals surface area (Å²) >= 11 is 0. The molecule has 0 spiro atoms. The average molecular weight is 240 g/mol. The molecule has 0 aromatic rings. The Bertz CT molecular complexity index is 252. The van der Waals surface area contributed by atoms with Crippen LogP contribution < -0.4 is 0 Å². The summed E-state index contributed by atoms with van der Waals surface area (Å²) in [5, 5.41) is 1.64. The summed E-state index contributed by atoms with van der Waals surface area (Å²) in [7, 11) is -1.19. The van der Waals surface area contributed by atoms with Crippen molar-refractivity contribution < 1.29 is 4.74 Å². The molecule has 0 aliphatic carbocycles. The van der Waals surface area contributed by atoms with E-state index < -0.39 is 8.07 Å². The average Bonchev–Trinajstić information content (AvgIpc) is 2.55. The fourth-order valence-electron chi connectivity index (χ4n) is 2.80. The summed E-state index contributed by atoms with van der Waals surface area (Å²) in [5.41, 5.74) is 0.0677. The minimum absolute atomic E-state index is 0.0677. The van der Waals surface area contributed by atoms with Crippen LogP contribution in [0.15, 0.2) is 11.3 Å². The highest BCUT2D eigenvalue weighted by Gasteiger charge is 2.39. The molecule has 1 atom stereocenters. The minimum Gasteiger partial charge on any atom is -0.367 e. The van der Waals surface area contributed by atoms with Crippen LogP contribution >= 0.6 is 0 Å². The van der Waals surface area contributed by atoms with Crippen molar-refractivity contribution in [1.29, 1.82) is 0 Å². The normalized spacial score (nSPS) is 25.9. The number of ether oxygens (including phenoxy) is 1. The fraction of sp³-hybridized carbons (Fsp3) is 0.857. The second kappa shape index (κ2) is 5.50. The molecule has 0 amide bonds. The number of hydrogen-bond acceptors (Lipinski definition) is 1. The molecule has 0 bridgehead atoms. The molecule has 1 aliphatic heterocycles. The third-order valence-corrected chi connectivity index (χ3v) is 5.92. The Morgan fingerprint density at radius 2 is 1.94 bits per heavy atom. The van der Waals surface area contributed by atoms with E-state index in [-0.39, 0.29) is 5.60 Å². The zero-order valence-corrected chi connectivity index (χ0v) is 12.7. The van der Waals surface area contributed by atoms with Gasteiger partial charge in [0.05, 0.1) is 20.3 Å². The highest BCUT2D eigenvalue weighted by Crippen LogP contribution is 2.37. The van der Waals surface area contributed by atoms with Gasteiger partial charge in [-0.3, -0.25) is 0 Å². The quantitative estimate of drug-likeness (QED) is 0.489. The van der Waals surface area contributed by atoms with Crippen molar-refractivity contribution in [3.8, 4) is 0 Å². The summed E-state index contributed by atoms with van der Waals surface area (Å²) in [6.07, 6.45) is 8.91. The number of rotatable bonds is 6. The zero-order valence-electron chi connectivity index (χ0n) is 11.7. The van der Waals surface area contributed by atoms with E-state index in [2.05, 4.69) is 39.6 Å². The predicted octanol–water partition coefficient (Wildman–Crippen LogP) is 4.55. The number of hydrogen-bond donors (Lipinski definition) is 0. The van der Waals surface area contributed by atoms with Gasteiger partial charge >= 0.3 is 0 Å². The highest BCUT2D eigenvalue weighted by molar-refractivity contribution is 6.83. The molecule has 0 aromatic carbocycles. The van der Waals surface area contributed by atoms with E-state index >= 15 is 0 Å². The molecule has 0 fully saturated rings. The van der Waals surface area contributed by atoms with Gasteiger partial charge in [0.2, 0.25) is 0 Å². The van der Waals surface area contributed by atoms with Gasteiger partial charge in [0.25, 0.3) is 0 Å². The van der Waals surface area contributed by atoms with Crippen LogP contribution in [0.5, 0.6) is 0 Å². The van der Waals surface area contributed by atoms with Gasteiger partial charge in [0.15, 0.2) is 0 Å². The van der Waals surface area contributed by atoms with Gasteiger partial charge in [0, 0.05) is 0 Å². The predicted molar refractivity (Wildman–Crippen MR) is 74.5 cm³/mol. The number of unbranched alkanes of at least 4 members (excludes halogenated alkanes) is 3. The molecule has 0 saturated carbocycles. The lowest BCUT2D eigenvalue weighted by Gasteiger charge is -2.34. The lowest BCUT2D eigenvalue weighted by atomic mass is 9.98. The summed E-state index contributed by atoms with van der Waals surface area (Å²) in [5.74, 6) is 0. The zero-order chi connectivity index (χ0) is 12.2. The fourth-order valence-corrected chi connectivity index (χ4v) is 5.28. The van der Waals surface area contributed by atoms with Crippen molar-refractivity contribution in [1.82, 2.24) is 0 Å². The third-order valence-electron chi connectivity index (χ3n) is 3.57. The minimum atomic E-state index is -1.19. The van der Waals surface area contributed by atoms with Crippen LogP contribution in [0.25, 0.3) is 0 Å². The van der Waals surface area contributed by atoms with Gasteiger partial charge in [-0.25, -0.2) is 0 Å². The Morgan fingerprint density at radius 3 is 2.50 bits per heavy atom. The van der Waals surface area contributed by atoms with E-state index in [1.807, 2.05) is 0 Å². The van der Waals surface area contributed by atoms with E-state index in [1.165, 1.54) is 32.1 Å². The van der Waals surface area contributed by atoms with Crippen LogP contribution in [0.4, 0.5) is 0 Å². The van der Waals surface area contributed by atoms with Crippen molar-refractivity contribution in [2.45, 2.75) is 71.2 Å². The summed E-state index contributed by atoms with van der Waals surface area (Å²) in [6.45, 7) is 12.7. The molecule has 16 heavy (non-hydrogen) atoms. The van der Waals surface area contributed by atoms with Gasteiger partial charge in [-0.05, 0) is 13.3 Å². The molecule has 0 saturated heterocycles. The molecule has 1 unspecified atom stereocenters. The van der Waals surface area contributed by atoms with Crippen LogP contribution in [0.3, 0.4) is 0 Å². The topological polar surface area (TPSA) is 9.23 Å². The summed E-state index contributed by atoms with van der Waals surface area (Å²) in [4.78, 5) is 0. The second-order valence-electron chi connectivity index (χ2n) is 6.22. The van der Waals surface area contributed by atoms with Crippen molar-refractivity contribution in [2.75, 3.05) is 6.61 Å². The molecule has 1 aliphatic rings. The Balaban J connectivity index is 2.53. The first kappa shape index (κ1) is 14.0. The Kier molecular flexibility index (Phi) is 4.81. The molecular formula is C14H28OSi. The first-order valence-electron chi connectivity index (χ1n) is 6.75. The summed E-state index contributed by atoms with van der Waals surface area (Å²) in [6, 6.07) is 0. The van der Waals surface area contributed by atoms with Gasteiger partial charge in [-0.1, -0.05) is 63.5 Å². The van der Waals surface area contributed by atoms with Crippen LogP contribution in [-0.4, -0.2) is 20.3 Å². The van der Waals surface area contributed by atoms with Gasteiger partial charge in [0.1, 0.15) is 0 Å². The Labute approximate surface area is 102 Å². The monoisotopic (exact) mass is 240 g/mol. The molecular weight excluding hydrogens is 212 g/mol. The first-order valence-corrected chi connectivity index (χ1v) is 10.3. The van der Waals surface area contributed by atoms with Crippen LogP contribution in [0, 0.1) is 0 Å². The van der Waals surface area contributed by atoms with Crippen molar-refractivity contribution in [3.63, 3.8) is 0 Å². The molecule has 2 heteroatoms. The first-order chi connectivity index (χ1) is 7.40. The SMILES string of the molecule is CCCCCCC1(C)OCC=C1[Si](C)(C)C. The maximum atomic E-state index is 6.00. The maximum Gasteiger partial charge on any atom is 0.0834 e. The molecule has 1 rings (SSSR count). The van der Waals surface area contributed by atoms with Crippen LogP contribution in [-0.2, 0) is 4.74 Å². The molecule has 94 valence electrons. The second-order valence-corrected chi connectivity index (χ2v) is 11.3. The smallest absolute Gasteiger partial charge is 0.0834 e. The highest BCUT2D eigenvalue weighted by atomic mass is 28.3. The van der Waals surface area contributed by atoms with E-state index in [0.717, 1.165) is 6.61 Å². The van der Waals surface area contributed by atoms with Gasteiger partial charge in [-0.2, -0.15) is 0 Å². The van der Waals surface area contributed by atoms with Crippen LogP contribution in [0.2, 0.25) is 19.6 Å². The molecule has 1 nitrogen and oxygen atoms in total. The molecule has 1 heterocycles. The molecule has 0 radical (unpaired) electrons. The molecule has 0 aromatic heterocycles. The summed E-state index contributed by atoms with van der Waals surface area (Å²) < 4.78 is 6.00.